The van der Waals surface area contributed by atoms with E-state index in [-0.39, 0.29) is 18.4 Å². The smallest absolute Gasteiger partial charge is 0.274 e. The standard InChI is InChI=1S/C12H18BrN3O3S2/c1-8-5-10(20-11(8)13)12(17)16-4-2-3-9(7-16)6-15-21(14,18)19/h5,9,15H,2-4,6-7H2,1H3,(H2,14,18,19). The third-order valence-corrected chi connectivity index (χ3v) is 6.14. The van der Waals surface area contributed by atoms with Crippen LogP contribution in [0.3, 0.4) is 0 Å². The molecule has 0 radical (unpaired) electrons. The van der Waals surface area contributed by atoms with Crippen LogP contribution in [0.4, 0.5) is 0 Å². The van der Waals surface area contributed by atoms with E-state index in [0.717, 1.165) is 22.2 Å². The highest BCUT2D eigenvalue weighted by atomic mass is 79.9. The number of nitrogens with one attached hydrogen (secondary N) is 1. The zero-order chi connectivity index (χ0) is 15.6. The molecule has 21 heavy (non-hydrogen) atoms. The topological polar surface area (TPSA) is 92.5 Å². The monoisotopic (exact) mass is 395 g/mol. The van der Waals surface area contributed by atoms with E-state index < -0.39 is 10.2 Å². The number of carbonyl (C=O) groups excluding carboxylic acids is 1. The normalized spacial score (nSPS) is 19.8. The summed E-state index contributed by atoms with van der Waals surface area (Å²) in [7, 11) is -3.67. The summed E-state index contributed by atoms with van der Waals surface area (Å²) in [6.45, 7) is 3.48. The van der Waals surface area contributed by atoms with Crippen molar-refractivity contribution < 1.29 is 13.2 Å². The lowest BCUT2D eigenvalue weighted by atomic mass is 9.98. The minimum Gasteiger partial charge on any atom is -0.338 e. The second-order valence-corrected chi connectivity index (χ2v) is 8.97. The van der Waals surface area contributed by atoms with Crippen LogP contribution >= 0.6 is 27.3 Å². The molecule has 1 atom stereocenters. The number of thiophene rings is 1. The molecule has 0 aromatic carbocycles. The van der Waals surface area contributed by atoms with Crippen molar-refractivity contribution in [3.63, 3.8) is 0 Å². The summed E-state index contributed by atoms with van der Waals surface area (Å²) in [5.41, 5.74) is 1.05. The van der Waals surface area contributed by atoms with E-state index in [1.54, 1.807) is 4.90 Å². The Balaban J connectivity index is 1.98. The lowest BCUT2D eigenvalue weighted by Crippen LogP contribution is -2.44. The van der Waals surface area contributed by atoms with E-state index in [1.807, 2.05) is 13.0 Å². The van der Waals surface area contributed by atoms with Gasteiger partial charge in [-0.05, 0) is 53.2 Å². The summed E-state index contributed by atoms with van der Waals surface area (Å²) in [6, 6.07) is 1.88. The first-order valence-electron chi connectivity index (χ1n) is 6.59. The predicted molar refractivity (Wildman–Crippen MR) is 86.5 cm³/mol. The SMILES string of the molecule is Cc1cc(C(=O)N2CCCC(CNS(N)(=O)=O)C2)sc1Br. The van der Waals surface area contributed by atoms with E-state index in [2.05, 4.69) is 20.7 Å². The molecule has 1 aliphatic rings. The third kappa shape index (κ3) is 4.75. The van der Waals surface area contributed by atoms with Gasteiger partial charge in [0.15, 0.2) is 0 Å². The molecule has 1 fully saturated rings. The number of aryl methyl sites for hydroxylation is 1. The highest BCUT2D eigenvalue weighted by Gasteiger charge is 2.26. The summed E-state index contributed by atoms with van der Waals surface area (Å²) >= 11 is 4.85. The summed E-state index contributed by atoms with van der Waals surface area (Å²) in [6.07, 6.45) is 1.76. The van der Waals surface area contributed by atoms with Gasteiger partial charge in [0, 0.05) is 19.6 Å². The number of hydrogen-bond acceptors (Lipinski definition) is 4. The maximum absolute atomic E-state index is 12.5. The van der Waals surface area contributed by atoms with Crippen LogP contribution in [-0.2, 0) is 10.2 Å². The van der Waals surface area contributed by atoms with Crippen LogP contribution < -0.4 is 9.86 Å². The Kier molecular flexibility index (Phi) is 5.42. The van der Waals surface area contributed by atoms with Crippen molar-refractivity contribution in [3.05, 3.63) is 20.3 Å². The molecule has 1 saturated heterocycles. The van der Waals surface area contributed by atoms with Crippen molar-refractivity contribution >= 4 is 43.4 Å². The highest BCUT2D eigenvalue weighted by molar-refractivity contribution is 9.11. The van der Waals surface area contributed by atoms with Crippen LogP contribution in [0.1, 0.15) is 28.1 Å². The molecule has 2 rings (SSSR count). The van der Waals surface area contributed by atoms with Crippen LogP contribution in [0.25, 0.3) is 0 Å². The zero-order valence-corrected chi connectivity index (χ0v) is 14.9. The second kappa shape index (κ2) is 6.74. The molecule has 1 aromatic heterocycles. The van der Waals surface area contributed by atoms with E-state index in [4.69, 9.17) is 5.14 Å². The first kappa shape index (κ1) is 16.9. The van der Waals surface area contributed by atoms with Gasteiger partial charge in [-0.1, -0.05) is 0 Å². The largest absolute Gasteiger partial charge is 0.338 e. The van der Waals surface area contributed by atoms with E-state index in [9.17, 15) is 13.2 Å². The van der Waals surface area contributed by atoms with Crippen LogP contribution in [0.15, 0.2) is 9.85 Å². The van der Waals surface area contributed by atoms with Gasteiger partial charge >= 0.3 is 0 Å². The fourth-order valence-electron chi connectivity index (χ4n) is 2.37. The number of carbonyl (C=O) groups is 1. The van der Waals surface area contributed by atoms with Gasteiger partial charge in [0.1, 0.15) is 0 Å². The molecule has 6 nitrogen and oxygen atoms in total. The summed E-state index contributed by atoms with van der Waals surface area (Å²) in [4.78, 5) is 15.0. The van der Waals surface area contributed by atoms with Gasteiger partial charge in [0.05, 0.1) is 8.66 Å². The van der Waals surface area contributed by atoms with E-state index >= 15 is 0 Å². The average molecular weight is 396 g/mol. The Labute approximate surface area is 137 Å². The minimum absolute atomic E-state index is 0.00843. The van der Waals surface area contributed by atoms with Crippen molar-refractivity contribution in [2.75, 3.05) is 19.6 Å². The number of halogens is 1. The first-order valence-corrected chi connectivity index (χ1v) is 9.74. The molecule has 1 aliphatic heterocycles. The van der Waals surface area contributed by atoms with Gasteiger partial charge in [-0.2, -0.15) is 8.42 Å². The number of piperidine rings is 1. The molecular weight excluding hydrogens is 378 g/mol. The van der Waals surface area contributed by atoms with Gasteiger partial charge in [-0.3, -0.25) is 4.79 Å². The van der Waals surface area contributed by atoms with Crippen LogP contribution in [0.5, 0.6) is 0 Å². The Morgan fingerprint density at radius 3 is 2.90 bits per heavy atom. The van der Waals surface area contributed by atoms with Crippen LogP contribution in [0, 0.1) is 12.8 Å². The van der Waals surface area contributed by atoms with Crippen molar-refractivity contribution in [3.8, 4) is 0 Å². The molecule has 0 saturated carbocycles. The van der Waals surface area contributed by atoms with Gasteiger partial charge in [-0.25, -0.2) is 9.86 Å². The van der Waals surface area contributed by atoms with Gasteiger partial charge in [-0.15, -0.1) is 11.3 Å². The lowest BCUT2D eigenvalue weighted by Gasteiger charge is -2.32. The Hall–Kier alpha value is -0.480. The first-order chi connectivity index (χ1) is 9.76. The maximum Gasteiger partial charge on any atom is 0.274 e. The van der Waals surface area contributed by atoms with E-state index in [0.29, 0.717) is 18.0 Å². The third-order valence-electron chi connectivity index (χ3n) is 3.45. The molecule has 0 spiro atoms. The Morgan fingerprint density at radius 1 is 1.62 bits per heavy atom. The van der Waals surface area contributed by atoms with Crippen molar-refractivity contribution in [1.29, 1.82) is 0 Å². The number of amides is 1. The molecule has 1 aromatic rings. The minimum atomic E-state index is -3.67. The van der Waals surface area contributed by atoms with Gasteiger partial charge in [0.25, 0.3) is 16.1 Å². The molecule has 1 amide bonds. The fraction of sp³-hybridized carbons (Fsp3) is 0.583. The molecule has 2 heterocycles. The number of nitrogens with two attached hydrogens (primary N) is 1. The van der Waals surface area contributed by atoms with E-state index in [1.165, 1.54) is 11.3 Å². The highest BCUT2D eigenvalue weighted by Crippen LogP contribution is 2.29. The molecule has 0 aliphatic carbocycles. The van der Waals surface area contributed by atoms with Gasteiger partial charge < -0.3 is 4.90 Å². The van der Waals surface area contributed by atoms with Crippen LogP contribution in [-0.4, -0.2) is 38.9 Å². The number of likely N-dealkylation sites (tertiary alicyclic amines) is 1. The molecule has 3 N–H and O–H groups in total. The molecular formula is C12H18BrN3O3S2. The average Bonchev–Trinajstić information content (AvgIpc) is 2.75. The van der Waals surface area contributed by atoms with Gasteiger partial charge in [0.2, 0.25) is 0 Å². The predicted octanol–water partition coefficient (Wildman–Crippen LogP) is 1.46. The van der Waals surface area contributed by atoms with Crippen molar-refractivity contribution in [2.24, 2.45) is 11.1 Å². The molecule has 9 heteroatoms. The number of hydrogen-bond donors (Lipinski definition) is 2. The Morgan fingerprint density at radius 2 is 2.33 bits per heavy atom. The number of nitrogens with zero attached hydrogens (tertiary/aromatic N) is 1. The zero-order valence-electron chi connectivity index (χ0n) is 11.6. The Bertz CT molecular complexity index is 610. The van der Waals surface area contributed by atoms with Crippen molar-refractivity contribution in [1.82, 2.24) is 9.62 Å². The second-order valence-electron chi connectivity index (χ2n) is 5.22. The summed E-state index contributed by atoms with van der Waals surface area (Å²) in [5, 5.41) is 4.93. The lowest BCUT2D eigenvalue weighted by molar-refractivity contribution is 0.0681. The fourth-order valence-corrected chi connectivity index (χ4v) is 4.34. The van der Waals surface area contributed by atoms with Crippen molar-refractivity contribution in [2.45, 2.75) is 19.8 Å². The molecule has 118 valence electrons. The summed E-state index contributed by atoms with van der Waals surface area (Å²) < 4.78 is 25.1. The number of rotatable bonds is 4. The van der Waals surface area contributed by atoms with Crippen LogP contribution in [0.2, 0.25) is 0 Å². The maximum atomic E-state index is 12.5. The molecule has 0 bridgehead atoms. The molecule has 1 unspecified atom stereocenters. The summed E-state index contributed by atoms with van der Waals surface area (Å²) in [5.74, 6) is 0.111. The quantitative estimate of drug-likeness (QED) is 0.807.